The van der Waals surface area contributed by atoms with Crippen LogP contribution in [-0.2, 0) is 0 Å². The molecule has 0 bridgehead atoms. The Morgan fingerprint density at radius 1 is 0.472 bits per heavy atom. The van der Waals surface area contributed by atoms with E-state index < -0.39 is 0 Å². The van der Waals surface area contributed by atoms with E-state index in [1.807, 2.05) is 36.4 Å². The van der Waals surface area contributed by atoms with Crippen LogP contribution in [0.2, 0.25) is 0 Å². The summed E-state index contributed by atoms with van der Waals surface area (Å²) >= 11 is 0. The van der Waals surface area contributed by atoms with Gasteiger partial charge in [-0.2, -0.15) is 0 Å². The quantitative estimate of drug-likeness (QED) is 0.148. The normalized spacial score (nSPS) is 10.4. The maximum absolute atomic E-state index is 5.40. The van der Waals surface area contributed by atoms with E-state index >= 15 is 0 Å². The first-order valence-corrected chi connectivity index (χ1v) is 16.2. The smallest absolute Gasteiger partial charge is 0.203 e. The van der Waals surface area contributed by atoms with Gasteiger partial charge in [-0.25, -0.2) is 19.9 Å². The molecule has 7 aromatic rings. The van der Waals surface area contributed by atoms with Crippen LogP contribution in [0.1, 0.15) is 11.3 Å². The molecule has 1 N–H and O–H groups in total. The van der Waals surface area contributed by atoms with Crippen molar-refractivity contribution in [2.45, 2.75) is 0 Å². The minimum Gasteiger partial charge on any atom is -0.493 e. The molecule has 0 unspecified atom stereocenters. The van der Waals surface area contributed by atoms with Gasteiger partial charge in [-0.05, 0) is 41.0 Å². The number of nitrogens with zero attached hydrogens (tertiary/aromatic N) is 4. The third-order valence-electron chi connectivity index (χ3n) is 8.28. The minimum atomic E-state index is 0.518. The van der Waals surface area contributed by atoms with E-state index in [1.54, 1.807) is 68.0 Å². The number of nitrogens with one attached hydrogen (secondary N) is 1. The second-order valence-electron chi connectivity index (χ2n) is 11.2. The van der Waals surface area contributed by atoms with Gasteiger partial charge in [0.05, 0.1) is 60.8 Å². The highest BCUT2D eigenvalue weighted by Crippen LogP contribution is 2.41. The van der Waals surface area contributed by atoms with Gasteiger partial charge in [0.1, 0.15) is 24.2 Å². The maximum Gasteiger partial charge on any atom is 0.203 e. The van der Waals surface area contributed by atoms with Crippen LogP contribution >= 0.6 is 0 Å². The van der Waals surface area contributed by atoms with Crippen LogP contribution in [0.4, 0.5) is 11.5 Å². The number of ether oxygens (including phenoxy) is 7. The SMILES string of the molecule is COc1cc2ncnc(C#Cc3ccc4ccccc4c3)c2cc1OC.COc1cc2ncnc(Nc3cc(OC)c(OC)c(OC)c3)c2cc1OC. The van der Waals surface area contributed by atoms with Crippen LogP contribution in [0, 0.1) is 11.8 Å². The number of rotatable bonds is 9. The van der Waals surface area contributed by atoms with E-state index in [9.17, 15) is 0 Å². The van der Waals surface area contributed by atoms with Gasteiger partial charge in [0.15, 0.2) is 34.5 Å². The van der Waals surface area contributed by atoms with Crippen molar-refractivity contribution in [3.63, 3.8) is 0 Å². The molecule has 0 saturated carbocycles. The molecular weight excluding hydrogens is 674 g/mol. The molecule has 0 amide bonds. The average molecular weight is 712 g/mol. The van der Waals surface area contributed by atoms with Gasteiger partial charge >= 0.3 is 0 Å². The number of methoxy groups -OCH3 is 7. The molecular formula is C41H37N5O7. The number of aromatic nitrogens is 4. The number of hydrogen-bond acceptors (Lipinski definition) is 12. The van der Waals surface area contributed by atoms with Crippen molar-refractivity contribution in [3.05, 3.63) is 103 Å². The van der Waals surface area contributed by atoms with E-state index in [0.29, 0.717) is 51.8 Å². The first kappa shape index (κ1) is 35.8. The lowest BCUT2D eigenvalue weighted by Crippen LogP contribution is -2.00. The van der Waals surface area contributed by atoms with E-state index in [0.717, 1.165) is 33.1 Å². The molecule has 5 aromatic carbocycles. The molecule has 0 spiro atoms. The van der Waals surface area contributed by atoms with Crippen molar-refractivity contribution in [2.75, 3.05) is 55.1 Å². The van der Waals surface area contributed by atoms with Crippen molar-refractivity contribution in [3.8, 4) is 52.1 Å². The van der Waals surface area contributed by atoms with Crippen LogP contribution in [0.25, 0.3) is 32.6 Å². The van der Waals surface area contributed by atoms with E-state index in [2.05, 4.69) is 61.4 Å². The second kappa shape index (κ2) is 16.3. The van der Waals surface area contributed by atoms with E-state index in [-0.39, 0.29) is 0 Å². The highest BCUT2D eigenvalue weighted by molar-refractivity contribution is 5.93. The van der Waals surface area contributed by atoms with Gasteiger partial charge in [-0.1, -0.05) is 36.3 Å². The van der Waals surface area contributed by atoms with Crippen LogP contribution in [-0.4, -0.2) is 69.7 Å². The fourth-order valence-electron chi connectivity index (χ4n) is 5.65. The third kappa shape index (κ3) is 7.69. The lowest BCUT2D eigenvalue weighted by molar-refractivity contribution is 0.324. The molecule has 268 valence electrons. The predicted octanol–water partition coefficient (Wildman–Crippen LogP) is 7.62. The molecule has 2 aromatic heterocycles. The summed E-state index contributed by atoms with van der Waals surface area (Å²) in [5, 5.41) is 7.25. The number of fused-ring (bicyclic) bond motifs is 3. The lowest BCUT2D eigenvalue weighted by atomic mass is 10.1. The number of anilines is 2. The molecule has 0 radical (unpaired) electrons. The molecule has 53 heavy (non-hydrogen) atoms. The molecule has 7 rings (SSSR count). The summed E-state index contributed by atoms with van der Waals surface area (Å²) in [6.45, 7) is 0. The van der Waals surface area contributed by atoms with Crippen molar-refractivity contribution in [2.24, 2.45) is 0 Å². The summed E-state index contributed by atoms with van der Waals surface area (Å²) in [6.07, 6.45) is 2.99. The van der Waals surface area contributed by atoms with Gasteiger partial charge in [0, 0.05) is 46.3 Å². The number of hydrogen-bond donors (Lipinski definition) is 1. The first-order valence-electron chi connectivity index (χ1n) is 16.2. The van der Waals surface area contributed by atoms with E-state index in [1.165, 1.54) is 23.4 Å². The molecule has 0 saturated heterocycles. The zero-order valence-corrected chi connectivity index (χ0v) is 30.3. The van der Waals surface area contributed by atoms with Crippen molar-refractivity contribution < 1.29 is 33.2 Å². The second-order valence-corrected chi connectivity index (χ2v) is 11.2. The minimum absolute atomic E-state index is 0.518. The summed E-state index contributed by atoms with van der Waals surface area (Å²) < 4.78 is 37.6. The Morgan fingerprint density at radius 3 is 1.62 bits per heavy atom. The van der Waals surface area contributed by atoms with Crippen molar-refractivity contribution in [1.29, 1.82) is 0 Å². The average Bonchev–Trinajstić information content (AvgIpc) is 3.21. The Balaban J connectivity index is 0.000000181. The summed E-state index contributed by atoms with van der Waals surface area (Å²) in [4.78, 5) is 17.3. The van der Waals surface area contributed by atoms with E-state index in [4.69, 9.17) is 33.2 Å². The van der Waals surface area contributed by atoms with Crippen LogP contribution in [0.3, 0.4) is 0 Å². The standard InChI is InChI=1S/C22H16N2O2.C19H21N3O5/c1-25-21-12-18-19(23-14-24-20(18)13-22(21)26-2)10-8-15-7-9-16-5-3-4-6-17(16)11-15;1-23-14-8-12-13(9-15(14)24-2)20-10-21-19(12)22-11-6-16(25-3)18(27-5)17(7-11)26-4/h3-7,9,11-14H,1-2H3;6-10H,1-5H3,(H,20,21,22). The Hall–Kier alpha value is -7.00. The first-order chi connectivity index (χ1) is 25.9. The Labute approximate surface area is 306 Å². The van der Waals surface area contributed by atoms with Gasteiger partial charge in [-0.3, -0.25) is 0 Å². The topological polar surface area (TPSA) is 128 Å². The van der Waals surface area contributed by atoms with Crippen molar-refractivity contribution >= 4 is 44.1 Å². The molecule has 0 aliphatic rings. The highest BCUT2D eigenvalue weighted by atomic mass is 16.5. The van der Waals surface area contributed by atoms with Gasteiger partial charge < -0.3 is 38.5 Å². The molecule has 2 heterocycles. The van der Waals surface area contributed by atoms with Gasteiger partial charge in [0.25, 0.3) is 0 Å². The summed E-state index contributed by atoms with van der Waals surface area (Å²) in [5.41, 5.74) is 3.80. The number of benzene rings is 5. The molecule has 12 nitrogen and oxygen atoms in total. The Morgan fingerprint density at radius 2 is 1.02 bits per heavy atom. The zero-order valence-electron chi connectivity index (χ0n) is 30.3. The fourth-order valence-corrected chi connectivity index (χ4v) is 5.65. The fraction of sp³-hybridized carbons (Fsp3) is 0.171. The molecule has 0 fully saturated rings. The highest BCUT2D eigenvalue weighted by Gasteiger charge is 2.16. The largest absolute Gasteiger partial charge is 0.493 e. The predicted molar refractivity (Wildman–Crippen MR) is 205 cm³/mol. The molecule has 0 aliphatic heterocycles. The van der Waals surface area contributed by atoms with Crippen LogP contribution in [0.5, 0.6) is 40.2 Å². The lowest BCUT2D eigenvalue weighted by Gasteiger charge is -2.16. The summed E-state index contributed by atoms with van der Waals surface area (Å²) in [7, 11) is 11.1. The molecule has 12 heteroatoms. The maximum atomic E-state index is 5.40. The monoisotopic (exact) mass is 711 g/mol. The van der Waals surface area contributed by atoms with Crippen LogP contribution in [0.15, 0.2) is 91.5 Å². The van der Waals surface area contributed by atoms with Crippen molar-refractivity contribution in [1.82, 2.24) is 19.9 Å². The van der Waals surface area contributed by atoms with Gasteiger partial charge in [-0.15, -0.1) is 0 Å². The summed E-state index contributed by atoms with van der Waals surface area (Å²) in [5.74, 6) is 11.0. The Bertz CT molecular complexity index is 2450. The zero-order chi connectivity index (χ0) is 37.3. The van der Waals surface area contributed by atoms with Crippen LogP contribution < -0.4 is 38.5 Å². The Kier molecular flexibility index (Phi) is 11.0. The van der Waals surface area contributed by atoms with Gasteiger partial charge in [0.2, 0.25) is 5.75 Å². The third-order valence-corrected chi connectivity index (χ3v) is 8.28. The molecule has 0 aliphatic carbocycles. The summed E-state index contributed by atoms with van der Waals surface area (Å²) in [6, 6.07) is 25.3. The molecule has 0 atom stereocenters.